The Morgan fingerprint density at radius 1 is 0.871 bits per heavy atom. The zero-order valence-electron chi connectivity index (χ0n) is 17.5. The van der Waals surface area contributed by atoms with Crippen LogP contribution in [0.5, 0.6) is 0 Å². The van der Waals surface area contributed by atoms with E-state index in [0.29, 0.717) is 5.69 Å². The molecule has 0 saturated carbocycles. The Hall–Kier alpha value is -3.38. The van der Waals surface area contributed by atoms with Crippen LogP contribution in [0, 0.1) is 0 Å². The van der Waals surface area contributed by atoms with Crippen molar-refractivity contribution in [2.24, 2.45) is 0 Å². The molecule has 6 heteroatoms. The Kier molecular flexibility index (Phi) is 5.65. The highest BCUT2D eigenvalue weighted by Crippen LogP contribution is 2.36. The SMILES string of the molecule is CC(=O)Nc1ccc2c(c1)CCc1ccccc1C2=Cc1cccc(NS(C)(=O)=O)c1. The lowest BCUT2D eigenvalue weighted by Crippen LogP contribution is -2.09. The summed E-state index contributed by atoms with van der Waals surface area (Å²) in [4.78, 5) is 11.5. The second kappa shape index (κ2) is 8.40. The molecule has 0 heterocycles. The minimum Gasteiger partial charge on any atom is -0.326 e. The number of aryl methyl sites for hydroxylation is 2. The molecule has 0 fully saturated rings. The molecule has 0 saturated heterocycles. The largest absolute Gasteiger partial charge is 0.326 e. The van der Waals surface area contributed by atoms with Crippen LogP contribution in [0.1, 0.15) is 34.7 Å². The Balaban J connectivity index is 1.85. The van der Waals surface area contributed by atoms with Gasteiger partial charge in [0.2, 0.25) is 15.9 Å². The van der Waals surface area contributed by atoms with Gasteiger partial charge in [-0.05, 0) is 76.6 Å². The number of carbonyl (C=O) groups excluding carboxylic acids is 1. The van der Waals surface area contributed by atoms with E-state index in [0.717, 1.165) is 47.0 Å². The predicted octanol–water partition coefficient (Wildman–Crippen LogP) is 4.70. The van der Waals surface area contributed by atoms with E-state index in [-0.39, 0.29) is 5.91 Å². The van der Waals surface area contributed by atoms with Crippen LogP contribution >= 0.6 is 0 Å². The van der Waals surface area contributed by atoms with Crippen LogP contribution in [0.2, 0.25) is 0 Å². The van der Waals surface area contributed by atoms with Crippen LogP contribution in [0.25, 0.3) is 11.6 Å². The number of hydrogen-bond acceptors (Lipinski definition) is 3. The van der Waals surface area contributed by atoms with Crippen LogP contribution in [-0.4, -0.2) is 20.6 Å². The maximum absolute atomic E-state index is 11.6. The molecule has 3 aromatic carbocycles. The number of rotatable bonds is 4. The second-order valence-corrected chi connectivity index (χ2v) is 9.52. The number of fused-ring (bicyclic) bond motifs is 2. The van der Waals surface area contributed by atoms with Gasteiger partial charge in [0.05, 0.1) is 6.26 Å². The summed E-state index contributed by atoms with van der Waals surface area (Å²) in [5.41, 5.74) is 7.99. The van der Waals surface area contributed by atoms with E-state index in [1.807, 2.05) is 48.5 Å². The minimum atomic E-state index is -3.35. The molecule has 0 bridgehead atoms. The monoisotopic (exact) mass is 432 g/mol. The van der Waals surface area contributed by atoms with Crippen LogP contribution in [-0.2, 0) is 27.7 Å². The van der Waals surface area contributed by atoms with Gasteiger partial charge in [0.25, 0.3) is 0 Å². The van der Waals surface area contributed by atoms with Crippen molar-refractivity contribution >= 4 is 39.0 Å². The summed E-state index contributed by atoms with van der Waals surface area (Å²) in [6.45, 7) is 1.50. The van der Waals surface area contributed by atoms with Gasteiger partial charge in [-0.25, -0.2) is 8.42 Å². The molecule has 1 aliphatic carbocycles. The van der Waals surface area contributed by atoms with Crippen molar-refractivity contribution < 1.29 is 13.2 Å². The lowest BCUT2D eigenvalue weighted by molar-refractivity contribution is -0.114. The zero-order chi connectivity index (χ0) is 22.0. The van der Waals surface area contributed by atoms with E-state index < -0.39 is 10.0 Å². The first-order valence-electron chi connectivity index (χ1n) is 10.1. The molecule has 158 valence electrons. The van der Waals surface area contributed by atoms with Gasteiger partial charge in [0, 0.05) is 18.3 Å². The Morgan fingerprint density at radius 2 is 1.61 bits per heavy atom. The van der Waals surface area contributed by atoms with E-state index in [4.69, 9.17) is 0 Å². The highest BCUT2D eigenvalue weighted by atomic mass is 32.2. The van der Waals surface area contributed by atoms with E-state index in [9.17, 15) is 13.2 Å². The molecule has 4 rings (SSSR count). The predicted molar refractivity (Wildman–Crippen MR) is 126 cm³/mol. The van der Waals surface area contributed by atoms with Gasteiger partial charge in [-0.3, -0.25) is 9.52 Å². The summed E-state index contributed by atoms with van der Waals surface area (Å²) in [6.07, 6.45) is 5.00. The highest BCUT2D eigenvalue weighted by Gasteiger charge is 2.18. The first kappa shape index (κ1) is 20.9. The topological polar surface area (TPSA) is 75.3 Å². The summed E-state index contributed by atoms with van der Waals surface area (Å²) in [7, 11) is -3.35. The van der Waals surface area contributed by atoms with Crippen LogP contribution in [0.3, 0.4) is 0 Å². The molecule has 5 nitrogen and oxygen atoms in total. The fourth-order valence-corrected chi connectivity index (χ4v) is 4.54. The van der Waals surface area contributed by atoms with Gasteiger partial charge in [-0.15, -0.1) is 0 Å². The molecule has 31 heavy (non-hydrogen) atoms. The average molecular weight is 433 g/mol. The maximum Gasteiger partial charge on any atom is 0.229 e. The van der Waals surface area contributed by atoms with Gasteiger partial charge in [0.1, 0.15) is 0 Å². The van der Waals surface area contributed by atoms with E-state index in [1.54, 1.807) is 6.07 Å². The van der Waals surface area contributed by atoms with Crippen molar-refractivity contribution in [1.29, 1.82) is 0 Å². The van der Waals surface area contributed by atoms with Gasteiger partial charge in [-0.2, -0.15) is 0 Å². The minimum absolute atomic E-state index is 0.0946. The van der Waals surface area contributed by atoms with Gasteiger partial charge in [0.15, 0.2) is 0 Å². The number of carbonyl (C=O) groups is 1. The number of hydrogen-bond donors (Lipinski definition) is 2. The number of amides is 1. The number of anilines is 2. The fraction of sp³-hybridized carbons (Fsp3) is 0.160. The molecule has 0 unspecified atom stereocenters. The maximum atomic E-state index is 11.6. The van der Waals surface area contributed by atoms with E-state index >= 15 is 0 Å². The standard InChI is InChI=1S/C25H24N2O3S/c1-17(28)26-21-12-13-24-20(16-21)11-10-19-7-3-4-9-23(19)25(24)15-18-6-5-8-22(14-18)27-31(2,29)30/h3-9,12-16,27H,10-11H2,1-2H3,(H,26,28). The summed E-state index contributed by atoms with van der Waals surface area (Å²) < 4.78 is 25.8. The third-order valence-corrected chi connectivity index (χ3v) is 5.79. The van der Waals surface area contributed by atoms with Crippen molar-refractivity contribution in [2.75, 3.05) is 16.3 Å². The normalized spacial score (nSPS) is 14.3. The highest BCUT2D eigenvalue weighted by molar-refractivity contribution is 7.92. The van der Waals surface area contributed by atoms with Crippen molar-refractivity contribution in [3.63, 3.8) is 0 Å². The molecule has 0 aromatic heterocycles. The Bertz CT molecular complexity index is 1290. The average Bonchev–Trinajstić information content (AvgIpc) is 2.84. The third kappa shape index (κ3) is 5.03. The molecule has 2 N–H and O–H groups in total. The van der Waals surface area contributed by atoms with Crippen molar-refractivity contribution in [1.82, 2.24) is 0 Å². The van der Waals surface area contributed by atoms with Gasteiger partial charge < -0.3 is 5.32 Å². The first-order chi connectivity index (χ1) is 14.8. The fourth-order valence-electron chi connectivity index (χ4n) is 3.99. The van der Waals surface area contributed by atoms with Crippen LogP contribution in [0.4, 0.5) is 11.4 Å². The van der Waals surface area contributed by atoms with Crippen molar-refractivity contribution in [2.45, 2.75) is 19.8 Å². The first-order valence-corrected chi connectivity index (χ1v) is 12.0. The molecular formula is C25H24N2O3S. The molecular weight excluding hydrogens is 408 g/mol. The molecule has 0 aliphatic heterocycles. The second-order valence-electron chi connectivity index (χ2n) is 7.77. The van der Waals surface area contributed by atoms with Gasteiger partial charge >= 0.3 is 0 Å². The van der Waals surface area contributed by atoms with Crippen LogP contribution < -0.4 is 10.0 Å². The molecule has 0 atom stereocenters. The molecule has 0 radical (unpaired) electrons. The lowest BCUT2D eigenvalue weighted by atomic mass is 9.92. The Labute approximate surface area is 182 Å². The number of nitrogens with one attached hydrogen (secondary N) is 2. The van der Waals surface area contributed by atoms with Gasteiger partial charge in [-0.1, -0.05) is 42.5 Å². The van der Waals surface area contributed by atoms with Crippen LogP contribution in [0.15, 0.2) is 66.7 Å². The lowest BCUT2D eigenvalue weighted by Gasteiger charge is -2.14. The van der Waals surface area contributed by atoms with Crippen molar-refractivity contribution in [3.05, 3.63) is 94.5 Å². The zero-order valence-corrected chi connectivity index (χ0v) is 18.3. The number of benzene rings is 3. The molecule has 1 aliphatic rings. The Morgan fingerprint density at radius 3 is 2.39 bits per heavy atom. The van der Waals surface area contributed by atoms with Crippen molar-refractivity contribution in [3.8, 4) is 0 Å². The smallest absolute Gasteiger partial charge is 0.229 e. The van der Waals surface area contributed by atoms with E-state index in [2.05, 4.69) is 28.2 Å². The van der Waals surface area contributed by atoms with E-state index in [1.165, 1.54) is 18.1 Å². The third-order valence-electron chi connectivity index (χ3n) is 5.19. The summed E-state index contributed by atoms with van der Waals surface area (Å²) in [5, 5.41) is 2.87. The summed E-state index contributed by atoms with van der Waals surface area (Å²) in [5.74, 6) is -0.0946. The quantitative estimate of drug-likeness (QED) is 0.627. The summed E-state index contributed by atoms with van der Waals surface area (Å²) >= 11 is 0. The molecule has 3 aromatic rings. The number of sulfonamides is 1. The molecule has 0 spiro atoms. The summed E-state index contributed by atoms with van der Waals surface area (Å²) in [6, 6.07) is 21.7. The molecule has 1 amide bonds.